The van der Waals surface area contributed by atoms with Crippen LogP contribution in [0.1, 0.15) is 35.7 Å². The van der Waals surface area contributed by atoms with E-state index in [1.807, 2.05) is 13.0 Å². The van der Waals surface area contributed by atoms with Gasteiger partial charge in [0.1, 0.15) is 5.75 Å². The maximum absolute atomic E-state index is 12.6. The number of aryl methyl sites for hydroxylation is 1. The highest BCUT2D eigenvalue weighted by Crippen LogP contribution is 2.24. The first-order valence-corrected chi connectivity index (χ1v) is 10.7. The standard InChI is InChI=1S/C16H25N3O4S.C2H4O2/c1-12-3-4-14(9-15(12)23-8-2-6-17)16(20)19-7-5-13(10-19)11-24(18,21)22;1-2(3)4/h3-4,9,13H,2,5-8,10-11,17H2,1H3,(H2,18,21,22);1H3,(H,3,4). The van der Waals surface area contributed by atoms with E-state index in [-0.39, 0.29) is 17.6 Å². The molecule has 1 aromatic rings. The molecule has 0 spiro atoms. The molecule has 0 aliphatic carbocycles. The molecule has 158 valence electrons. The minimum Gasteiger partial charge on any atom is -0.493 e. The molecule has 0 saturated carbocycles. The fourth-order valence-electron chi connectivity index (χ4n) is 2.82. The Morgan fingerprint density at radius 2 is 2.00 bits per heavy atom. The van der Waals surface area contributed by atoms with E-state index in [1.54, 1.807) is 17.0 Å². The maximum Gasteiger partial charge on any atom is 0.300 e. The lowest BCUT2D eigenvalue weighted by Crippen LogP contribution is -2.30. The van der Waals surface area contributed by atoms with Crippen LogP contribution in [0.3, 0.4) is 0 Å². The zero-order valence-corrected chi connectivity index (χ0v) is 17.1. The van der Waals surface area contributed by atoms with Crippen molar-refractivity contribution in [3.05, 3.63) is 29.3 Å². The molecule has 9 nitrogen and oxygen atoms in total. The lowest BCUT2D eigenvalue weighted by Gasteiger charge is -2.17. The lowest BCUT2D eigenvalue weighted by molar-refractivity contribution is -0.134. The Balaban J connectivity index is 0.000000892. The average molecular weight is 416 g/mol. The molecule has 1 unspecified atom stereocenters. The third-order valence-corrected chi connectivity index (χ3v) is 5.02. The molecule has 1 aliphatic rings. The zero-order chi connectivity index (χ0) is 21.3. The van der Waals surface area contributed by atoms with Crippen molar-refractivity contribution in [1.29, 1.82) is 0 Å². The molecule has 1 saturated heterocycles. The van der Waals surface area contributed by atoms with Crippen LogP contribution in [0.5, 0.6) is 5.75 Å². The number of hydrogen-bond acceptors (Lipinski definition) is 6. The van der Waals surface area contributed by atoms with Gasteiger partial charge in [0.25, 0.3) is 11.9 Å². The van der Waals surface area contributed by atoms with Crippen LogP contribution in [0.15, 0.2) is 18.2 Å². The van der Waals surface area contributed by atoms with Crippen LogP contribution in [0.4, 0.5) is 0 Å². The first-order chi connectivity index (χ1) is 13.0. The van der Waals surface area contributed by atoms with Gasteiger partial charge in [-0.2, -0.15) is 0 Å². The predicted octanol–water partition coefficient (Wildman–Crippen LogP) is 0.564. The van der Waals surface area contributed by atoms with E-state index in [0.717, 1.165) is 18.9 Å². The molecule has 0 bridgehead atoms. The quantitative estimate of drug-likeness (QED) is 0.550. The number of sulfonamides is 1. The molecule has 1 aliphatic heterocycles. The third kappa shape index (κ3) is 8.68. The number of carbonyl (C=O) groups excluding carboxylic acids is 1. The van der Waals surface area contributed by atoms with Crippen LogP contribution in [-0.4, -0.2) is 62.3 Å². The van der Waals surface area contributed by atoms with E-state index in [2.05, 4.69) is 0 Å². The summed E-state index contributed by atoms with van der Waals surface area (Å²) in [5, 5.41) is 12.5. The highest BCUT2D eigenvalue weighted by molar-refractivity contribution is 7.89. The van der Waals surface area contributed by atoms with Crippen LogP contribution in [0.25, 0.3) is 0 Å². The van der Waals surface area contributed by atoms with E-state index in [9.17, 15) is 13.2 Å². The second kappa shape index (κ2) is 11.0. The van der Waals surface area contributed by atoms with Crippen molar-refractivity contribution in [1.82, 2.24) is 4.90 Å². The number of carboxylic acids is 1. The predicted molar refractivity (Wildman–Crippen MR) is 106 cm³/mol. The van der Waals surface area contributed by atoms with E-state index in [4.69, 9.17) is 25.5 Å². The lowest BCUT2D eigenvalue weighted by atomic mass is 10.1. The first kappa shape index (κ1) is 23.9. The molecule has 1 atom stereocenters. The van der Waals surface area contributed by atoms with Gasteiger partial charge >= 0.3 is 0 Å². The van der Waals surface area contributed by atoms with Gasteiger partial charge in [0.05, 0.1) is 12.4 Å². The highest BCUT2D eigenvalue weighted by Gasteiger charge is 2.29. The van der Waals surface area contributed by atoms with E-state index >= 15 is 0 Å². The van der Waals surface area contributed by atoms with E-state index < -0.39 is 16.0 Å². The Hall–Kier alpha value is -2.17. The van der Waals surface area contributed by atoms with Gasteiger partial charge in [0.2, 0.25) is 10.0 Å². The van der Waals surface area contributed by atoms with Crippen molar-refractivity contribution < 1.29 is 27.9 Å². The van der Waals surface area contributed by atoms with Gasteiger partial charge in [-0.1, -0.05) is 6.07 Å². The van der Waals surface area contributed by atoms with Gasteiger partial charge in [-0.25, -0.2) is 13.6 Å². The fraction of sp³-hybridized carbons (Fsp3) is 0.556. The first-order valence-electron chi connectivity index (χ1n) is 8.96. The molecular formula is C18H29N3O6S. The Morgan fingerprint density at radius 3 is 2.57 bits per heavy atom. The zero-order valence-electron chi connectivity index (χ0n) is 16.3. The second-order valence-corrected chi connectivity index (χ2v) is 8.38. The number of likely N-dealkylation sites (tertiary alicyclic amines) is 1. The van der Waals surface area contributed by atoms with E-state index in [1.165, 1.54) is 0 Å². The van der Waals surface area contributed by atoms with Gasteiger partial charge in [0, 0.05) is 25.6 Å². The number of benzene rings is 1. The molecule has 10 heteroatoms. The number of aliphatic carboxylic acids is 1. The SMILES string of the molecule is CC(=O)O.Cc1ccc(C(=O)N2CCC(CS(N)(=O)=O)C2)cc1OCCCN. The van der Waals surface area contributed by atoms with E-state index in [0.29, 0.717) is 44.0 Å². The highest BCUT2D eigenvalue weighted by atomic mass is 32.2. The maximum atomic E-state index is 12.6. The molecule has 1 fully saturated rings. The Labute approximate surface area is 165 Å². The minimum absolute atomic E-state index is 0.0852. The number of ether oxygens (including phenoxy) is 1. The molecule has 1 aromatic carbocycles. The summed E-state index contributed by atoms with van der Waals surface area (Å²) in [7, 11) is -3.51. The number of nitrogens with two attached hydrogens (primary N) is 2. The summed E-state index contributed by atoms with van der Waals surface area (Å²) in [6.45, 7) is 5.01. The number of nitrogens with zero attached hydrogens (tertiary/aromatic N) is 1. The van der Waals surface area contributed by atoms with Crippen LogP contribution in [0.2, 0.25) is 0 Å². The molecule has 2 rings (SSSR count). The normalized spacial score (nSPS) is 16.3. The molecule has 5 N–H and O–H groups in total. The van der Waals surface area contributed by atoms with Crippen molar-refractivity contribution in [2.24, 2.45) is 16.8 Å². The van der Waals surface area contributed by atoms with Crippen molar-refractivity contribution in [3.8, 4) is 5.75 Å². The number of rotatable bonds is 7. The Morgan fingerprint density at radius 1 is 1.36 bits per heavy atom. The summed E-state index contributed by atoms with van der Waals surface area (Å²) in [5.74, 6) is -0.460. The largest absolute Gasteiger partial charge is 0.493 e. The van der Waals surface area contributed by atoms with Crippen molar-refractivity contribution in [2.45, 2.75) is 26.7 Å². The van der Waals surface area contributed by atoms with Gasteiger partial charge < -0.3 is 20.5 Å². The van der Waals surface area contributed by atoms with Gasteiger partial charge in [-0.15, -0.1) is 0 Å². The minimum atomic E-state index is -3.51. The number of hydrogen-bond donors (Lipinski definition) is 3. The number of carboxylic acid groups (broad SMARTS) is 1. The van der Waals surface area contributed by atoms with Crippen molar-refractivity contribution in [3.63, 3.8) is 0 Å². The monoisotopic (exact) mass is 415 g/mol. The van der Waals surface area contributed by atoms with Crippen molar-refractivity contribution in [2.75, 3.05) is 32.0 Å². The smallest absolute Gasteiger partial charge is 0.300 e. The summed E-state index contributed by atoms with van der Waals surface area (Å²) in [6.07, 6.45) is 1.40. The summed E-state index contributed by atoms with van der Waals surface area (Å²) in [4.78, 5) is 23.3. The topological polar surface area (TPSA) is 153 Å². The molecule has 1 heterocycles. The fourth-order valence-corrected chi connectivity index (χ4v) is 3.75. The van der Waals surface area contributed by atoms with Crippen LogP contribution in [0, 0.1) is 12.8 Å². The summed E-state index contributed by atoms with van der Waals surface area (Å²) in [6, 6.07) is 5.35. The van der Waals surface area contributed by atoms with Crippen molar-refractivity contribution >= 4 is 21.9 Å². The summed E-state index contributed by atoms with van der Waals surface area (Å²) in [5.41, 5.74) is 6.95. The van der Waals surface area contributed by atoms with Crippen LogP contribution < -0.4 is 15.6 Å². The number of amides is 1. The molecule has 0 radical (unpaired) electrons. The molecular weight excluding hydrogens is 386 g/mol. The Bertz CT molecular complexity index is 778. The van der Waals surface area contributed by atoms with Gasteiger partial charge in [-0.05, 0) is 49.9 Å². The molecule has 1 amide bonds. The van der Waals surface area contributed by atoms with Gasteiger partial charge in [-0.3, -0.25) is 9.59 Å². The Kier molecular flexibility index (Phi) is 9.36. The summed E-state index contributed by atoms with van der Waals surface area (Å²) < 4.78 is 28.1. The molecule has 0 aromatic heterocycles. The third-order valence-electron chi connectivity index (χ3n) is 4.08. The number of carbonyl (C=O) groups is 2. The average Bonchev–Trinajstić information content (AvgIpc) is 3.02. The summed E-state index contributed by atoms with van der Waals surface area (Å²) >= 11 is 0. The molecule has 28 heavy (non-hydrogen) atoms. The van der Waals surface area contributed by atoms with Crippen LogP contribution >= 0.6 is 0 Å². The van der Waals surface area contributed by atoms with Gasteiger partial charge in [0.15, 0.2) is 0 Å². The number of primary sulfonamides is 1. The second-order valence-electron chi connectivity index (χ2n) is 6.73. The van der Waals surface area contributed by atoms with Crippen LogP contribution in [-0.2, 0) is 14.8 Å².